The van der Waals surface area contributed by atoms with Crippen LogP contribution in [0.2, 0.25) is 0 Å². The number of aryl methyl sites for hydroxylation is 3. The van der Waals surface area contributed by atoms with E-state index in [1.54, 1.807) is 24.9 Å². The molecule has 1 saturated heterocycles. The molecule has 1 heterocycles. The van der Waals surface area contributed by atoms with Crippen LogP contribution in [0.15, 0.2) is 36.4 Å². The van der Waals surface area contributed by atoms with Crippen molar-refractivity contribution in [2.24, 2.45) is 11.8 Å². The van der Waals surface area contributed by atoms with E-state index in [2.05, 4.69) is 54.9 Å². The van der Waals surface area contributed by atoms with E-state index >= 15 is 0 Å². The van der Waals surface area contributed by atoms with Crippen LogP contribution >= 0.6 is 0 Å². The molecule has 2 aromatic carbocycles. The molecular weight excluding hydrogens is 490 g/mol. The zero-order valence-electron chi connectivity index (χ0n) is 23.3. The average Bonchev–Trinajstić information content (AvgIpc) is 3.40. The molecule has 0 radical (unpaired) electrons. The maximum atomic E-state index is 14.0. The molecule has 3 N–H and O–H groups in total. The van der Waals surface area contributed by atoms with Gasteiger partial charge in [0.2, 0.25) is 11.8 Å². The van der Waals surface area contributed by atoms with E-state index in [0.29, 0.717) is 23.8 Å². The van der Waals surface area contributed by atoms with E-state index in [-0.39, 0.29) is 30.3 Å². The van der Waals surface area contributed by atoms with Gasteiger partial charge in [-0.05, 0) is 72.9 Å². The third-order valence-electron chi connectivity index (χ3n) is 9.12. The number of carbonyl (C=O) groups excluding carboxylic acids is 3. The SMILES string of the molecule is CNC(=O)c1ccc2c(c1)CCc1cc(C)ccc1C21CC(NCC(=O)N(C(C)C#N)C2C(C)C2C)NC1=O. The van der Waals surface area contributed by atoms with Crippen molar-refractivity contribution in [2.75, 3.05) is 13.6 Å². The molecule has 2 fully saturated rings. The van der Waals surface area contributed by atoms with Crippen LogP contribution in [0.5, 0.6) is 0 Å². The van der Waals surface area contributed by atoms with Crippen LogP contribution in [0.4, 0.5) is 0 Å². The van der Waals surface area contributed by atoms with E-state index in [1.165, 1.54) is 0 Å². The van der Waals surface area contributed by atoms with E-state index in [4.69, 9.17) is 0 Å². The number of fused-ring (bicyclic) bond motifs is 4. The number of amides is 3. The van der Waals surface area contributed by atoms with E-state index < -0.39 is 17.6 Å². The summed E-state index contributed by atoms with van der Waals surface area (Å²) in [5.74, 6) is 0.324. The number of nitrogens with one attached hydrogen (secondary N) is 3. The first-order valence-electron chi connectivity index (χ1n) is 13.8. The summed E-state index contributed by atoms with van der Waals surface area (Å²) < 4.78 is 0. The predicted octanol–water partition coefficient (Wildman–Crippen LogP) is 2.57. The summed E-state index contributed by atoms with van der Waals surface area (Å²) >= 11 is 0. The van der Waals surface area contributed by atoms with Gasteiger partial charge in [-0.2, -0.15) is 5.26 Å². The fraction of sp³-hybridized carbons (Fsp3) is 0.484. The summed E-state index contributed by atoms with van der Waals surface area (Å²) in [6.45, 7) is 8.05. The third kappa shape index (κ3) is 4.49. The number of hydrogen-bond acceptors (Lipinski definition) is 5. The van der Waals surface area contributed by atoms with Crippen molar-refractivity contribution in [3.8, 4) is 6.07 Å². The summed E-state index contributed by atoms with van der Waals surface area (Å²) in [5, 5.41) is 18.6. The van der Waals surface area contributed by atoms with Gasteiger partial charge >= 0.3 is 0 Å². The van der Waals surface area contributed by atoms with Gasteiger partial charge in [0.1, 0.15) is 11.5 Å². The quantitative estimate of drug-likeness (QED) is 0.534. The molecule has 1 spiro atoms. The van der Waals surface area contributed by atoms with Gasteiger partial charge in [0.15, 0.2) is 0 Å². The van der Waals surface area contributed by atoms with Crippen LogP contribution < -0.4 is 16.0 Å². The van der Waals surface area contributed by atoms with Gasteiger partial charge in [-0.3, -0.25) is 19.7 Å². The summed E-state index contributed by atoms with van der Waals surface area (Å²) in [5.41, 5.74) is 4.78. The number of benzene rings is 2. The Labute approximate surface area is 230 Å². The number of carbonyl (C=O) groups is 3. The largest absolute Gasteiger partial charge is 0.355 e. The molecule has 8 heteroatoms. The number of hydrogen-bond donors (Lipinski definition) is 3. The lowest BCUT2D eigenvalue weighted by Gasteiger charge is -2.30. The van der Waals surface area contributed by atoms with Crippen LogP contribution in [0.25, 0.3) is 0 Å². The number of rotatable bonds is 6. The van der Waals surface area contributed by atoms with Crippen LogP contribution in [0, 0.1) is 30.1 Å². The van der Waals surface area contributed by atoms with Gasteiger partial charge in [-0.25, -0.2) is 0 Å². The first kappa shape index (κ1) is 26.9. The maximum absolute atomic E-state index is 14.0. The Hall–Kier alpha value is -3.70. The molecule has 1 aliphatic heterocycles. The van der Waals surface area contributed by atoms with Crippen LogP contribution in [0.3, 0.4) is 0 Å². The van der Waals surface area contributed by atoms with Crippen molar-refractivity contribution in [2.45, 2.75) is 70.6 Å². The van der Waals surface area contributed by atoms with E-state index in [1.807, 2.05) is 18.2 Å². The lowest BCUT2D eigenvalue weighted by Crippen LogP contribution is -2.49. The minimum absolute atomic E-state index is 0.0339. The van der Waals surface area contributed by atoms with Crippen molar-refractivity contribution < 1.29 is 14.4 Å². The second-order valence-electron chi connectivity index (χ2n) is 11.4. The average molecular weight is 528 g/mol. The Morgan fingerprint density at radius 2 is 1.77 bits per heavy atom. The highest BCUT2D eigenvalue weighted by molar-refractivity contribution is 5.97. The second kappa shape index (κ2) is 10.1. The zero-order valence-corrected chi connectivity index (χ0v) is 23.3. The lowest BCUT2D eigenvalue weighted by molar-refractivity contribution is -0.132. The normalized spacial score (nSPS) is 27.4. The molecule has 204 valence electrons. The van der Waals surface area contributed by atoms with Crippen molar-refractivity contribution in [1.82, 2.24) is 20.9 Å². The minimum Gasteiger partial charge on any atom is -0.355 e. The van der Waals surface area contributed by atoms with E-state index in [9.17, 15) is 19.6 Å². The molecular formula is C31H37N5O3. The molecule has 5 rings (SSSR count). The number of nitrogens with zero attached hydrogens (tertiary/aromatic N) is 2. The Balaban J connectivity index is 1.46. The van der Waals surface area contributed by atoms with Gasteiger partial charge in [0.25, 0.3) is 5.91 Å². The molecule has 0 bridgehead atoms. The molecule has 3 aliphatic rings. The molecule has 5 atom stereocenters. The van der Waals surface area contributed by atoms with Gasteiger partial charge in [-0.15, -0.1) is 0 Å². The molecule has 1 saturated carbocycles. The molecule has 2 aliphatic carbocycles. The standard InChI is InChI=1S/C31H37N5O3/c1-17-6-10-24-21(12-17)7-8-22-13-23(29(38)33-5)9-11-25(22)31(24)14-26(35-30(31)39)34-16-27(37)36(18(2)15-32)28-19(3)20(28)4/h6,9-13,18-20,26,28,34H,7-8,14,16H2,1-5H3,(H,33,38)(H,35,39). The summed E-state index contributed by atoms with van der Waals surface area (Å²) in [7, 11) is 1.61. The monoisotopic (exact) mass is 527 g/mol. The molecule has 39 heavy (non-hydrogen) atoms. The van der Waals surface area contributed by atoms with Crippen molar-refractivity contribution in [3.63, 3.8) is 0 Å². The Morgan fingerprint density at radius 3 is 2.38 bits per heavy atom. The minimum atomic E-state index is -0.935. The summed E-state index contributed by atoms with van der Waals surface area (Å²) in [4.78, 5) is 41.4. The Bertz CT molecular complexity index is 1370. The topological polar surface area (TPSA) is 114 Å². The van der Waals surface area contributed by atoms with E-state index in [0.717, 1.165) is 40.7 Å². The van der Waals surface area contributed by atoms with Gasteiger partial charge in [0.05, 0.1) is 18.8 Å². The summed E-state index contributed by atoms with van der Waals surface area (Å²) in [6, 6.07) is 13.6. The van der Waals surface area contributed by atoms with Crippen molar-refractivity contribution in [1.29, 1.82) is 5.26 Å². The van der Waals surface area contributed by atoms with Crippen LogP contribution in [-0.4, -0.2) is 54.5 Å². The first-order valence-corrected chi connectivity index (χ1v) is 13.8. The Morgan fingerprint density at radius 1 is 1.13 bits per heavy atom. The molecule has 3 amide bonds. The fourth-order valence-electron chi connectivity index (χ4n) is 6.73. The first-order chi connectivity index (χ1) is 18.6. The predicted molar refractivity (Wildman–Crippen MR) is 148 cm³/mol. The van der Waals surface area contributed by atoms with Gasteiger partial charge in [-0.1, -0.05) is 43.7 Å². The highest BCUT2D eigenvalue weighted by Crippen LogP contribution is 2.46. The third-order valence-corrected chi connectivity index (χ3v) is 9.12. The van der Waals surface area contributed by atoms with Crippen LogP contribution in [0.1, 0.15) is 65.4 Å². The highest BCUT2D eigenvalue weighted by Gasteiger charge is 2.53. The highest BCUT2D eigenvalue weighted by atomic mass is 16.2. The maximum Gasteiger partial charge on any atom is 0.251 e. The molecule has 0 aromatic heterocycles. The second-order valence-corrected chi connectivity index (χ2v) is 11.4. The number of nitriles is 1. The van der Waals surface area contributed by atoms with Gasteiger partial charge < -0.3 is 15.5 Å². The van der Waals surface area contributed by atoms with Gasteiger partial charge in [0, 0.05) is 25.1 Å². The molecule has 8 nitrogen and oxygen atoms in total. The molecule has 2 aromatic rings. The lowest BCUT2D eigenvalue weighted by atomic mass is 9.70. The van der Waals surface area contributed by atoms with Crippen molar-refractivity contribution >= 4 is 17.7 Å². The van der Waals surface area contributed by atoms with Crippen LogP contribution in [-0.2, 0) is 27.8 Å². The Kier molecular flexibility index (Phi) is 6.98. The summed E-state index contributed by atoms with van der Waals surface area (Å²) in [6.07, 6.45) is 1.51. The van der Waals surface area contributed by atoms with Crippen molar-refractivity contribution in [3.05, 3.63) is 69.8 Å². The smallest absolute Gasteiger partial charge is 0.251 e. The fourth-order valence-corrected chi connectivity index (χ4v) is 6.73. The zero-order chi connectivity index (χ0) is 28.1. The molecule has 5 unspecified atom stereocenters.